The van der Waals surface area contributed by atoms with Crippen molar-refractivity contribution in [1.82, 2.24) is 29.4 Å². The summed E-state index contributed by atoms with van der Waals surface area (Å²) in [6, 6.07) is 0.433. The lowest BCUT2D eigenvalue weighted by atomic mass is 9.95. The van der Waals surface area contributed by atoms with Gasteiger partial charge in [-0.15, -0.1) is 10.2 Å². The number of hydrogen-bond donors (Lipinski definition) is 0. The molecule has 120 valence electrons. The van der Waals surface area contributed by atoms with Crippen molar-refractivity contribution >= 4 is 0 Å². The summed E-state index contributed by atoms with van der Waals surface area (Å²) in [7, 11) is 0. The fraction of sp³-hybridized carbons (Fsp3) is 0.688. The minimum atomic E-state index is 0.433. The van der Waals surface area contributed by atoms with E-state index in [2.05, 4.69) is 51.7 Å². The molecule has 1 saturated heterocycles. The summed E-state index contributed by atoms with van der Waals surface area (Å²) >= 11 is 0. The number of likely N-dealkylation sites (tertiary alicyclic amines) is 1. The lowest BCUT2D eigenvalue weighted by Crippen LogP contribution is -2.33. The van der Waals surface area contributed by atoms with Crippen LogP contribution in [0.25, 0.3) is 0 Å². The van der Waals surface area contributed by atoms with Crippen molar-refractivity contribution < 1.29 is 0 Å². The smallest absolute Gasteiger partial charge is 0.136 e. The van der Waals surface area contributed by atoms with Crippen molar-refractivity contribution in [2.24, 2.45) is 0 Å². The Kier molecular flexibility index (Phi) is 4.57. The van der Waals surface area contributed by atoms with E-state index in [-0.39, 0.29) is 0 Å². The highest BCUT2D eigenvalue weighted by Gasteiger charge is 2.25. The molecule has 0 spiro atoms. The summed E-state index contributed by atoms with van der Waals surface area (Å²) in [6.07, 6.45) is 8.33. The first-order valence-corrected chi connectivity index (χ1v) is 8.30. The van der Waals surface area contributed by atoms with E-state index >= 15 is 0 Å². The van der Waals surface area contributed by atoms with Crippen molar-refractivity contribution in [1.29, 1.82) is 0 Å². The Morgan fingerprint density at radius 2 is 2.05 bits per heavy atom. The van der Waals surface area contributed by atoms with Crippen molar-refractivity contribution in [3.63, 3.8) is 0 Å². The maximum Gasteiger partial charge on any atom is 0.136 e. The van der Waals surface area contributed by atoms with Gasteiger partial charge in [0.25, 0.3) is 0 Å². The third kappa shape index (κ3) is 3.21. The van der Waals surface area contributed by atoms with Crippen LogP contribution in [0.2, 0.25) is 0 Å². The molecule has 0 amide bonds. The highest BCUT2D eigenvalue weighted by Crippen LogP contribution is 2.28. The highest BCUT2D eigenvalue weighted by molar-refractivity contribution is 5.05. The molecule has 3 heterocycles. The molecular weight excluding hydrogens is 276 g/mol. The molecule has 3 rings (SSSR count). The van der Waals surface area contributed by atoms with Crippen LogP contribution in [0.5, 0.6) is 0 Å². The van der Waals surface area contributed by atoms with E-state index in [9.17, 15) is 0 Å². The molecule has 0 unspecified atom stereocenters. The van der Waals surface area contributed by atoms with Crippen LogP contribution < -0.4 is 0 Å². The number of hydrogen-bond acceptors (Lipinski definition) is 4. The van der Waals surface area contributed by atoms with Gasteiger partial charge in [0.1, 0.15) is 12.2 Å². The number of nitrogens with zero attached hydrogens (tertiary/aromatic N) is 6. The SMILES string of the molecule is CCn1cc(CN2CCC(c3nncn3C(C)C)CC2)cn1. The number of piperidine rings is 1. The summed E-state index contributed by atoms with van der Waals surface area (Å²) in [5.41, 5.74) is 1.31. The molecule has 0 bridgehead atoms. The molecule has 2 aromatic heterocycles. The van der Waals surface area contributed by atoms with E-state index in [0.717, 1.165) is 44.8 Å². The Balaban J connectivity index is 1.57. The first kappa shape index (κ1) is 15.2. The second-order valence-electron chi connectivity index (χ2n) is 6.44. The minimum Gasteiger partial charge on any atom is -0.315 e. The molecule has 1 aliphatic heterocycles. The first-order chi connectivity index (χ1) is 10.7. The van der Waals surface area contributed by atoms with E-state index < -0.39 is 0 Å². The summed E-state index contributed by atoms with van der Waals surface area (Å²) in [5.74, 6) is 1.70. The average molecular weight is 302 g/mol. The Morgan fingerprint density at radius 1 is 1.27 bits per heavy atom. The van der Waals surface area contributed by atoms with Crippen LogP contribution in [-0.2, 0) is 13.1 Å². The quantitative estimate of drug-likeness (QED) is 0.851. The van der Waals surface area contributed by atoms with Gasteiger partial charge < -0.3 is 4.57 Å². The third-order valence-electron chi connectivity index (χ3n) is 4.53. The first-order valence-electron chi connectivity index (χ1n) is 8.30. The Labute approximate surface area is 132 Å². The molecular formula is C16H26N6. The van der Waals surface area contributed by atoms with E-state index in [4.69, 9.17) is 0 Å². The summed E-state index contributed by atoms with van der Waals surface area (Å²) in [5, 5.41) is 12.8. The van der Waals surface area contributed by atoms with Crippen LogP contribution in [0.4, 0.5) is 0 Å². The Hall–Kier alpha value is -1.69. The molecule has 6 heteroatoms. The summed E-state index contributed by atoms with van der Waals surface area (Å²) in [4.78, 5) is 2.52. The van der Waals surface area contributed by atoms with Gasteiger partial charge in [-0.05, 0) is 46.7 Å². The van der Waals surface area contributed by atoms with E-state index in [1.54, 1.807) is 0 Å². The molecule has 0 aliphatic carbocycles. The zero-order chi connectivity index (χ0) is 15.5. The minimum absolute atomic E-state index is 0.433. The van der Waals surface area contributed by atoms with Crippen LogP contribution in [0.1, 0.15) is 57.0 Å². The van der Waals surface area contributed by atoms with Crippen molar-refractivity contribution in [2.45, 2.75) is 58.7 Å². The molecule has 0 atom stereocenters. The van der Waals surface area contributed by atoms with Crippen LogP contribution >= 0.6 is 0 Å². The molecule has 1 fully saturated rings. The lowest BCUT2D eigenvalue weighted by Gasteiger charge is -2.31. The van der Waals surface area contributed by atoms with Gasteiger partial charge in [0.2, 0.25) is 0 Å². The zero-order valence-corrected chi connectivity index (χ0v) is 13.8. The van der Waals surface area contributed by atoms with Gasteiger partial charge in [0, 0.05) is 36.8 Å². The predicted octanol–water partition coefficient (Wildman–Crippen LogP) is 2.46. The lowest BCUT2D eigenvalue weighted by molar-refractivity contribution is 0.199. The third-order valence-corrected chi connectivity index (χ3v) is 4.53. The van der Waals surface area contributed by atoms with Crippen LogP contribution in [-0.4, -0.2) is 42.5 Å². The normalized spacial score (nSPS) is 17.5. The maximum atomic E-state index is 4.37. The molecule has 0 aromatic carbocycles. The summed E-state index contributed by atoms with van der Waals surface area (Å²) < 4.78 is 4.21. The van der Waals surface area contributed by atoms with Gasteiger partial charge in [0.15, 0.2) is 0 Å². The molecule has 0 radical (unpaired) electrons. The molecule has 0 N–H and O–H groups in total. The fourth-order valence-electron chi connectivity index (χ4n) is 3.21. The predicted molar refractivity (Wildman–Crippen MR) is 85.6 cm³/mol. The number of aryl methyl sites for hydroxylation is 1. The monoisotopic (exact) mass is 302 g/mol. The molecule has 6 nitrogen and oxygen atoms in total. The van der Waals surface area contributed by atoms with E-state index in [0.29, 0.717) is 12.0 Å². The molecule has 1 aliphatic rings. The summed E-state index contributed by atoms with van der Waals surface area (Å²) in [6.45, 7) is 10.7. The molecule has 0 saturated carbocycles. The second-order valence-corrected chi connectivity index (χ2v) is 6.44. The molecule has 22 heavy (non-hydrogen) atoms. The van der Waals surface area contributed by atoms with Gasteiger partial charge in [-0.1, -0.05) is 0 Å². The molecule has 2 aromatic rings. The maximum absolute atomic E-state index is 4.37. The second kappa shape index (κ2) is 6.60. The van der Waals surface area contributed by atoms with Crippen LogP contribution in [0.3, 0.4) is 0 Å². The fourth-order valence-corrected chi connectivity index (χ4v) is 3.21. The standard InChI is InChI=1S/C16H26N6/c1-4-21-11-14(9-18-21)10-20-7-5-15(6-8-20)16-19-17-12-22(16)13(2)3/h9,11-13,15H,4-8,10H2,1-3H3. The van der Waals surface area contributed by atoms with Crippen molar-refractivity contribution in [3.05, 3.63) is 30.1 Å². The Morgan fingerprint density at radius 3 is 2.68 bits per heavy atom. The Bertz CT molecular complexity index is 591. The number of rotatable bonds is 5. The average Bonchev–Trinajstić information content (AvgIpc) is 3.16. The van der Waals surface area contributed by atoms with Gasteiger partial charge >= 0.3 is 0 Å². The van der Waals surface area contributed by atoms with Crippen molar-refractivity contribution in [3.8, 4) is 0 Å². The highest BCUT2D eigenvalue weighted by atomic mass is 15.3. The van der Waals surface area contributed by atoms with Gasteiger partial charge in [0.05, 0.1) is 6.20 Å². The van der Waals surface area contributed by atoms with Crippen LogP contribution in [0.15, 0.2) is 18.7 Å². The largest absolute Gasteiger partial charge is 0.315 e. The topological polar surface area (TPSA) is 51.8 Å². The zero-order valence-electron chi connectivity index (χ0n) is 13.8. The van der Waals surface area contributed by atoms with Gasteiger partial charge in [-0.2, -0.15) is 5.10 Å². The van der Waals surface area contributed by atoms with Crippen molar-refractivity contribution in [2.75, 3.05) is 13.1 Å². The van der Waals surface area contributed by atoms with E-state index in [1.165, 1.54) is 5.56 Å². The van der Waals surface area contributed by atoms with Gasteiger partial charge in [-0.25, -0.2) is 0 Å². The van der Waals surface area contributed by atoms with E-state index in [1.807, 2.05) is 17.2 Å². The van der Waals surface area contributed by atoms with Crippen LogP contribution in [0, 0.1) is 0 Å². The van der Waals surface area contributed by atoms with Gasteiger partial charge in [-0.3, -0.25) is 9.58 Å². The number of aromatic nitrogens is 5.